The zero-order valence-corrected chi connectivity index (χ0v) is 30.8. The van der Waals surface area contributed by atoms with Crippen LogP contribution in [0.15, 0.2) is 89.8 Å². The van der Waals surface area contributed by atoms with E-state index in [1.54, 1.807) is 19.1 Å². The number of aliphatic hydroxyl groups is 1. The highest BCUT2D eigenvalue weighted by atomic mass is 32.2. The first-order chi connectivity index (χ1) is 25.9. The number of carbonyl (C=O) groups is 5. The Morgan fingerprint density at radius 2 is 1.26 bits per heavy atom. The van der Waals surface area contributed by atoms with Gasteiger partial charge >= 0.3 is 17.9 Å². The first kappa shape index (κ1) is 39.1. The van der Waals surface area contributed by atoms with Gasteiger partial charge in [0.15, 0.2) is 24.6 Å². The molecule has 3 aliphatic rings. The Kier molecular flexibility index (Phi) is 12.5. The lowest BCUT2D eigenvalue weighted by Gasteiger charge is -2.49. The van der Waals surface area contributed by atoms with Gasteiger partial charge in [0.05, 0.1) is 30.4 Å². The third kappa shape index (κ3) is 8.67. The first-order valence-electron chi connectivity index (χ1n) is 17.4. The van der Waals surface area contributed by atoms with Crippen LogP contribution in [0.5, 0.6) is 0 Å². The van der Waals surface area contributed by atoms with Crippen molar-refractivity contribution in [1.29, 1.82) is 0 Å². The molecule has 10 atom stereocenters. The largest absolute Gasteiger partial charge is 0.456 e. The molecule has 0 bridgehead atoms. The van der Waals surface area contributed by atoms with E-state index in [0.717, 1.165) is 29.2 Å². The molecular formula is C39H41NO13S. The van der Waals surface area contributed by atoms with Gasteiger partial charge < -0.3 is 38.3 Å². The van der Waals surface area contributed by atoms with Crippen LogP contribution in [0.2, 0.25) is 0 Å². The van der Waals surface area contributed by atoms with E-state index < -0.39 is 90.2 Å². The molecule has 3 aromatic rings. The Bertz CT molecular complexity index is 1790. The average Bonchev–Trinajstić information content (AvgIpc) is 3.38. The maximum Gasteiger partial charge on any atom is 0.303 e. The number of carbonyl (C=O) groups excluding carboxylic acids is 5. The SMILES string of the molecule is CC(=O)O[C@H]1[C@@H](OC(C)=O)[C@@H](C)O[C@@H](O[C@H]2[C@H](O)[C@@H](N3C(=O)c4ccccc4C3=O)[C@H](Sc3ccccc3)O[C@@H]2COCc2ccccc2)[C@@H]1OC(C)=O. The van der Waals surface area contributed by atoms with E-state index in [9.17, 15) is 29.1 Å². The first-order valence-corrected chi connectivity index (χ1v) is 18.3. The zero-order chi connectivity index (χ0) is 38.5. The lowest BCUT2D eigenvalue weighted by molar-refractivity contribution is -0.333. The highest BCUT2D eigenvalue weighted by molar-refractivity contribution is 7.99. The molecule has 0 aliphatic carbocycles. The minimum absolute atomic E-state index is 0.138. The number of esters is 3. The van der Waals surface area contributed by atoms with Gasteiger partial charge in [0.25, 0.3) is 11.8 Å². The van der Waals surface area contributed by atoms with Crippen LogP contribution in [0.25, 0.3) is 0 Å². The van der Waals surface area contributed by atoms with Crippen molar-refractivity contribution in [3.63, 3.8) is 0 Å². The molecule has 6 rings (SSSR count). The Morgan fingerprint density at radius 1 is 0.722 bits per heavy atom. The number of hydrogen-bond donors (Lipinski definition) is 1. The molecule has 0 spiro atoms. The maximum atomic E-state index is 13.9. The third-order valence-electron chi connectivity index (χ3n) is 9.08. The topological polar surface area (TPSA) is 173 Å². The van der Waals surface area contributed by atoms with E-state index >= 15 is 0 Å². The summed E-state index contributed by atoms with van der Waals surface area (Å²) in [4.78, 5) is 66.4. The Labute approximate surface area is 315 Å². The van der Waals surface area contributed by atoms with Gasteiger partial charge in [-0.25, -0.2) is 0 Å². The summed E-state index contributed by atoms with van der Waals surface area (Å²) < 4.78 is 42.0. The fourth-order valence-electron chi connectivity index (χ4n) is 6.79. The molecule has 3 aromatic carbocycles. The number of rotatable bonds is 12. The van der Waals surface area contributed by atoms with Gasteiger partial charge in [-0.3, -0.25) is 28.9 Å². The van der Waals surface area contributed by atoms with Crippen LogP contribution in [0, 0.1) is 0 Å². The summed E-state index contributed by atoms with van der Waals surface area (Å²) in [6, 6.07) is 23.6. The third-order valence-corrected chi connectivity index (χ3v) is 10.2. The summed E-state index contributed by atoms with van der Waals surface area (Å²) in [5, 5.41) is 12.4. The molecule has 0 unspecified atom stereocenters. The standard InChI is InChI=1S/C39H41NO13S/c1-21-32(49-22(2)41)34(50-23(3)42)35(51-24(4)43)38(48-21)53-33-29(20-47-19-25-13-7-5-8-14-25)52-39(54-26-15-9-6-10-16-26)30(31(33)44)40-36(45)27-17-11-12-18-28(27)37(40)46/h5-18,21,29-35,38-39,44H,19-20H2,1-4H3/t21-,29-,30-,31-,32+,33-,34+,35-,38+,39+/m1/s1. The summed E-state index contributed by atoms with van der Waals surface area (Å²) in [6.45, 7) is 5.02. The minimum Gasteiger partial charge on any atom is -0.456 e. The molecule has 0 aromatic heterocycles. The summed E-state index contributed by atoms with van der Waals surface area (Å²) >= 11 is 1.20. The number of thioether (sulfide) groups is 1. The van der Waals surface area contributed by atoms with Gasteiger partial charge in [0, 0.05) is 25.7 Å². The molecular weight excluding hydrogens is 722 g/mol. The smallest absolute Gasteiger partial charge is 0.303 e. The van der Waals surface area contributed by atoms with Crippen molar-refractivity contribution in [3.8, 4) is 0 Å². The molecule has 3 heterocycles. The monoisotopic (exact) mass is 763 g/mol. The van der Waals surface area contributed by atoms with Gasteiger partial charge in [0.1, 0.15) is 29.8 Å². The predicted molar refractivity (Wildman–Crippen MR) is 190 cm³/mol. The predicted octanol–water partition coefficient (Wildman–Crippen LogP) is 3.67. The molecule has 286 valence electrons. The van der Waals surface area contributed by atoms with Gasteiger partial charge in [-0.1, -0.05) is 72.4 Å². The van der Waals surface area contributed by atoms with Crippen LogP contribution in [0.4, 0.5) is 0 Å². The summed E-state index contributed by atoms with van der Waals surface area (Å²) in [5.41, 5.74) is 0.186. The van der Waals surface area contributed by atoms with Gasteiger partial charge in [-0.05, 0) is 36.8 Å². The van der Waals surface area contributed by atoms with Crippen molar-refractivity contribution in [2.75, 3.05) is 6.61 Å². The lowest BCUT2D eigenvalue weighted by Crippen LogP contribution is -2.67. The summed E-state index contributed by atoms with van der Waals surface area (Å²) in [5.74, 6) is -3.51. The number of aliphatic hydroxyl groups excluding tert-OH is 1. The zero-order valence-electron chi connectivity index (χ0n) is 30.0. The Hall–Kier alpha value is -4.64. The number of imide groups is 1. The van der Waals surface area contributed by atoms with Crippen molar-refractivity contribution in [1.82, 2.24) is 4.90 Å². The number of hydrogen-bond acceptors (Lipinski definition) is 14. The van der Waals surface area contributed by atoms with Crippen LogP contribution in [0.1, 0.15) is 54.0 Å². The van der Waals surface area contributed by atoms with Crippen molar-refractivity contribution in [2.45, 2.75) is 99.7 Å². The number of nitrogens with zero attached hydrogens (tertiary/aromatic N) is 1. The normalized spacial score (nSPS) is 29.3. The molecule has 15 heteroatoms. The van der Waals surface area contributed by atoms with Crippen LogP contribution in [-0.4, -0.2) is 107 Å². The second-order valence-corrected chi connectivity index (χ2v) is 14.2. The van der Waals surface area contributed by atoms with Crippen LogP contribution >= 0.6 is 11.8 Å². The molecule has 2 amide bonds. The maximum absolute atomic E-state index is 13.9. The molecule has 3 aliphatic heterocycles. The van der Waals surface area contributed by atoms with Crippen molar-refractivity contribution < 1.29 is 62.2 Å². The molecule has 0 saturated carbocycles. The highest BCUT2D eigenvalue weighted by Crippen LogP contribution is 2.41. The van der Waals surface area contributed by atoms with Gasteiger partial charge in [-0.15, -0.1) is 0 Å². The van der Waals surface area contributed by atoms with Crippen LogP contribution in [-0.2, 0) is 54.1 Å². The van der Waals surface area contributed by atoms with E-state index in [1.807, 2.05) is 60.7 Å². The lowest BCUT2D eigenvalue weighted by atomic mass is 9.95. The fourth-order valence-corrected chi connectivity index (χ4v) is 8.00. The molecule has 2 saturated heterocycles. The van der Waals surface area contributed by atoms with E-state index in [2.05, 4.69) is 0 Å². The second kappa shape index (κ2) is 17.2. The van der Waals surface area contributed by atoms with E-state index in [4.69, 9.17) is 33.2 Å². The number of amides is 2. The number of ether oxygens (including phenoxy) is 7. The van der Waals surface area contributed by atoms with Crippen LogP contribution < -0.4 is 0 Å². The Morgan fingerprint density at radius 3 is 1.85 bits per heavy atom. The fraction of sp³-hybridized carbons (Fsp3) is 0.410. The molecule has 0 radical (unpaired) electrons. The molecule has 54 heavy (non-hydrogen) atoms. The molecule has 1 N–H and O–H groups in total. The van der Waals surface area contributed by atoms with Gasteiger partial charge in [-0.2, -0.15) is 0 Å². The van der Waals surface area contributed by atoms with E-state index in [-0.39, 0.29) is 24.3 Å². The quantitative estimate of drug-likeness (QED) is 0.161. The van der Waals surface area contributed by atoms with Gasteiger partial charge in [0.2, 0.25) is 0 Å². The van der Waals surface area contributed by atoms with Crippen molar-refractivity contribution in [3.05, 3.63) is 102 Å². The van der Waals surface area contributed by atoms with Crippen molar-refractivity contribution >= 4 is 41.5 Å². The molecule has 14 nitrogen and oxygen atoms in total. The highest BCUT2D eigenvalue weighted by Gasteiger charge is 2.57. The van der Waals surface area contributed by atoms with E-state index in [0.29, 0.717) is 0 Å². The second-order valence-electron chi connectivity index (χ2n) is 13.0. The van der Waals surface area contributed by atoms with E-state index in [1.165, 1.54) is 30.8 Å². The van der Waals surface area contributed by atoms with Crippen molar-refractivity contribution in [2.24, 2.45) is 0 Å². The minimum atomic E-state index is -1.64. The molecule has 2 fully saturated rings. The average molecular weight is 764 g/mol. The number of benzene rings is 3. The summed E-state index contributed by atoms with van der Waals surface area (Å²) in [7, 11) is 0. The summed E-state index contributed by atoms with van der Waals surface area (Å²) in [6.07, 6.45) is -10.7. The Balaban J connectivity index is 1.38. The van der Waals surface area contributed by atoms with Crippen LogP contribution in [0.3, 0.4) is 0 Å². The number of fused-ring (bicyclic) bond motifs is 1.